The van der Waals surface area contributed by atoms with Crippen molar-refractivity contribution in [1.82, 2.24) is 4.98 Å². The van der Waals surface area contributed by atoms with Crippen molar-refractivity contribution >= 4 is 17.3 Å². The molecule has 1 aromatic heterocycles. The summed E-state index contributed by atoms with van der Waals surface area (Å²) in [6.07, 6.45) is 1.51. The number of nitrogens with zero attached hydrogens (tertiary/aromatic N) is 1. The summed E-state index contributed by atoms with van der Waals surface area (Å²) < 4.78 is 5.60. The van der Waals surface area contributed by atoms with E-state index in [4.69, 9.17) is 22.1 Å². The van der Waals surface area contributed by atoms with Crippen molar-refractivity contribution in [2.24, 2.45) is 0 Å². The first-order valence-corrected chi connectivity index (χ1v) is 5.19. The third-order valence-electron chi connectivity index (χ3n) is 2.15. The highest BCUT2D eigenvalue weighted by Gasteiger charge is 2.05. The fourth-order valence-corrected chi connectivity index (χ4v) is 1.47. The molecule has 2 rings (SSSR count). The monoisotopic (exact) mass is 234 g/mol. The number of pyridine rings is 1. The molecule has 0 fully saturated rings. The molecule has 0 bridgehead atoms. The first-order valence-electron chi connectivity index (χ1n) is 4.81. The van der Waals surface area contributed by atoms with E-state index < -0.39 is 0 Å². The second kappa shape index (κ2) is 4.41. The van der Waals surface area contributed by atoms with Gasteiger partial charge in [0.15, 0.2) is 0 Å². The Balaban J connectivity index is 2.31. The fourth-order valence-electron chi connectivity index (χ4n) is 1.30. The highest BCUT2D eigenvalue weighted by Crippen LogP contribution is 2.28. The molecule has 0 amide bonds. The maximum Gasteiger partial charge on any atom is 0.242 e. The van der Waals surface area contributed by atoms with Gasteiger partial charge in [0.25, 0.3) is 0 Å². The highest BCUT2D eigenvalue weighted by atomic mass is 35.5. The summed E-state index contributed by atoms with van der Waals surface area (Å²) in [4.78, 5) is 4.04. The van der Waals surface area contributed by atoms with Crippen molar-refractivity contribution in [3.63, 3.8) is 0 Å². The lowest BCUT2D eigenvalue weighted by atomic mass is 10.2. The van der Waals surface area contributed by atoms with Crippen LogP contribution >= 0.6 is 11.6 Å². The third-order valence-corrected chi connectivity index (χ3v) is 2.35. The number of rotatable bonds is 2. The quantitative estimate of drug-likeness (QED) is 0.866. The molecular formula is C12H11ClN2O. The van der Waals surface area contributed by atoms with E-state index in [1.165, 1.54) is 6.20 Å². The zero-order valence-corrected chi connectivity index (χ0v) is 9.53. The number of hydrogen-bond donors (Lipinski definition) is 1. The first-order chi connectivity index (χ1) is 7.66. The zero-order valence-electron chi connectivity index (χ0n) is 8.77. The SMILES string of the molecule is Cc1ccccc1Oc1ncc(Cl)cc1N. The zero-order chi connectivity index (χ0) is 11.5. The number of halogens is 1. The average molecular weight is 235 g/mol. The number of benzene rings is 1. The smallest absolute Gasteiger partial charge is 0.242 e. The molecule has 2 N–H and O–H groups in total. The minimum absolute atomic E-state index is 0.374. The number of aromatic nitrogens is 1. The molecule has 0 aliphatic carbocycles. The van der Waals surface area contributed by atoms with Crippen molar-refractivity contribution in [3.05, 3.63) is 47.1 Å². The Morgan fingerprint density at radius 1 is 1.31 bits per heavy atom. The molecule has 3 nitrogen and oxygen atoms in total. The lowest BCUT2D eigenvalue weighted by molar-refractivity contribution is 0.462. The molecule has 0 saturated carbocycles. The molecule has 82 valence electrons. The molecule has 0 aliphatic heterocycles. The van der Waals surface area contributed by atoms with Crippen LogP contribution in [0.3, 0.4) is 0 Å². The molecule has 4 heteroatoms. The molecule has 0 unspecified atom stereocenters. The number of ether oxygens (including phenoxy) is 1. The van der Waals surface area contributed by atoms with Crippen LogP contribution < -0.4 is 10.5 Å². The maximum atomic E-state index is 5.75. The van der Waals surface area contributed by atoms with Crippen LogP contribution in [0.4, 0.5) is 5.69 Å². The molecule has 1 heterocycles. The van der Waals surface area contributed by atoms with Crippen LogP contribution in [0.15, 0.2) is 36.5 Å². The van der Waals surface area contributed by atoms with E-state index in [2.05, 4.69) is 4.98 Å². The average Bonchev–Trinajstić information content (AvgIpc) is 2.25. The Morgan fingerprint density at radius 2 is 2.06 bits per heavy atom. The summed E-state index contributed by atoms with van der Waals surface area (Å²) in [7, 11) is 0. The Kier molecular flexibility index (Phi) is 2.97. The van der Waals surface area contributed by atoms with Crippen molar-refractivity contribution in [1.29, 1.82) is 0 Å². The standard InChI is InChI=1S/C12H11ClN2O/c1-8-4-2-3-5-11(8)16-12-10(14)6-9(13)7-15-12/h2-7H,14H2,1H3. The number of anilines is 1. The van der Waals surface area contributed by atoms with Crippen molar-refractivity contribution in [3.8, 4) is 11.6 Å². The van der Waals surface area contributed by atoms with Gasteiger partial charge in [-0.1, -0.05) is 29.8 Å². The fraction of sp³-hybridized carbons (Fsp3) is 0.0833. The summed E-state index contributed by atoms with van der Waals surface area (Å²) in [5, 5.41) is 0.495. The molecular weight excluding hydrogens is 224 g/mol. The predicted molar refractivity (Wildman–Crippen MR) is 64.9 cm³/mol. The molecule has 0 aliphatic rings. The van der Waals surface area contributed by atoms with Gasteiger partial charge in [0, 0.05) is 6.20 Å². The number of aryl methyl sites for hydroxylation is 1. The Hall–Kier alpha value is -1.74. The molecule has 0 spiro atoms. The van der Waals surface area contributed by atoms with Crippen molar-refractivity contribution < 1.29 is 4.74 Å². The van der Waals surface area contributed by atoms with Crippen LogP contribution in [0.2, 0.25) is 5.02 Å². The largest absolute Gasteiger partial charge is 0.437 e. The molecule has 0 atom stereocenters. The minimum Gasteiger partial charge on any atom is -0.437 e. The normalized spacial score (nSPS) is 10.1. The van der Waals surface area contributed by atoms with Gasteiger partial charge in [-0.2, -0.15) is 0 Å². The van der Waals surface area contributed by atoms with Gasteiger partial charge in [-0.3, -0.25) is 0 Å². The van der Waals surface area contributed by atoms with Gasteiger partial charge in [-0.05, 0) is 24.6 Å². The summed E-state index contributed by atoms with van der Waals surface area (Å²) in [5.41, 5.74) is 7.20. The Bertz CT molecular complexity index is 514. The van der Waals surface area contributed by atoms with Gasteiger partial charge in [0.2, 0.25) is 5.88 Å². The summed E-state index contributed by atoms with van der Waals surface area (Å²) in [5.74, 6) is 1.11. The number of hydrogen-bond acceptors (Lipinski definition) is 3. The molecule has 0 saturated heterocycles. The van der Waals surface area contributed by atoms with E-state index in [-0.39, 0.29) is 0 Å². The lowest BCUT2D eigenvalue weighted by Gasteiger charge is -2.09. The molecule has 2 aromatic rings. The van der Waals surface area contributed by atoms with E-state index in [9.17, 15) is 0 Å². The van der Waals surface area contributed by atoms with Crippen LogP contribution in [0.25, 0.3) is 0 Å². The van der Waals surface area contributed by atoms with Crippen LogP contribution in [0.5, 0.6) is 11.6 Å². The van der Waals surface area contributed by atoms with Crippen molar-refractivity contribution in [2.75, 3.05) is 5.73 Å². The number of nitrogens with two attached hydrogens (primary N) is 1. The van der Waals surface area contributed by atoms with E-state index in [1.54, 1.807) is 6.07 Å². The maximum absolute atomic E-state index is 5.75. The Morgan fingerprint density at radius 3 is 2.75 bits per heavy atom. The summed E-state index contributed by atoms with van der Waals surface area (Å²) >= 11 is 5.75. The second-order valence-electron chi connectivity index (χ2n) is 3.42. The lowest BCUT2D eigenvalue weighted by Crippen LogP contribution is -1.95. The van der Waals surface area contributed by atoms with Gasteiger partial charge in [-0.25, -0.2) is 4.98 Å². The minimum atomic E-state index is 0.374. The molecule has 16 heavy (non-hydrogen) atoms. The van der Waals surface area contributed by atoms with E-state index >= 15 is 0 Å². The number of para-hydroxylation sites is 1. The molecule has 1 aromatic carbocycles. The van der Waals surface area contributed by atoms with Gasteiger partial charge in [-0.15, -0.1) is 0 Å². The van der Waals surface area contributed by atoms with Gasteiger partial charge < -0.3 is 10.5 Å². The highest BCUT2D eigenvalue weighted by molar-refractivity contribution is 6.30. The molecule has 0 radical (unpaired) electrons. The van der Waals surface area contributed by atoms with Gasteiger partial charge >= 0.3 is 0 Å². The van der Waals surface area contributed by atoms with Gasteiger partial charge in [0.05, 0.1) is 10.7 Å². The summed E-state index contributed by atoms with van der Waals surface area (Å²) in [6, 6.07) is 9.28. The van der Waals surface area contributed by atoms with Crippen molar-refractivity contribution in [2.45, 2.75) is 6.92 Å². The van der Waals surface area contributed by atoms with Crippen LogP contribution in [-0.2, 0) is 0 Å². The first kappa shape index (κ1) is 10.8. The van der Waals surface area contributed by atoms with E-state index in [0.29, 0.717) is 16.6 Å². The summed E-state index contributed by atoms with van der Waals surface area (Å²) in [6.45, 7) is 1.96. The van der Waals surface area contributed by atoms with Crippen LogP contribution in [0.1, 0.15) is 5.56 Å². The van der Waals surface area contributed by atoms with Crippen LogP contribution in [-0.4, -0.2) is 4.98 Å². The number of nitrogen functional groups attached to an aromatic ring is 1. The van der Waals surface area contributed by atoms with Crippen LogP contribution in [0, 0.1) is 6.92 Å². The van der Waals surface area contributed by atoms with E-state index in [0.717, 1.165) is 11.3 Å². The second-order valence-corrected chi connectivity index (χ2v) is 3.85. The topological polar surface area (TPSA) is 48.1 Å². The predicted octanol–water partition coefficient (Wildman–Crippen LogP) is 3.42. The van der Waals surface area contributed by atoms with Gasteiger partial charge in [0.1, 0.15) is 5.75 Å². The Labute approximate surface area is 98.8 Å². The third kappa shape index (κ3) is 2.25. The van der Waals surface area contributed by atoms with E-state index in [1.807, 2.05) is 31.2 Å².